The summed E-state index contributed by atoms with van der Waals surface area (Å²) >= 11 is 0.820. The van der Waals surface area contributed by atoms with Crippen molar-refractivity contribution in [3.8, 4) is 16.9 Å². The van der Waals surface area contributed by atoms with Crippen molar-refractivity contribution in [1.29, 1.82) is 0 Å². The number of carboxylic acid groups (broad SMARTS) is 3. The van der Waals surface area contributed by atoms with Crippen molar-refractivity contribution >= 4 is 129 Å². The molecule has 12 amide bonds. The average Bonchev–Trinajstić information content (AvgIpc) is 1.70. The number of carboxylic acids is 3. The van der Waals surface area contributed by atoms with E-state index in [1.165, 1.54) is 62.5 Å². The number of ether oxygens (including phenoxy) is 1. The van der Waals surface area contributed by atoms with E-state index in [1.54, 1.807) is 85.9 Å². The second-order valence-electron chi connectivity index (χ2n) is 38.8. The molecule has 0 spiro atoms. The smallest absolute Gasteiger partial charge is 0.341 e. The zero-order valence-electron chi connectivity index (χ0n) is 83.4. The molecule has 7 rings (SSSR count). The lowest BCUT2D eigenvalue weighted by molar-refractivity contribution is -0.143. The lowest BCUT2D eigenvalue weighted by atomic mass is 9.83. The molecule has 2 heterocycles. The van der Waals surface area contributed by atoms with Crippen molar-refractivity contribution in [3.63, 3.8) is 0 Å². The van der Waals surface area contributed by atoms with E-state index in [1.807, 2.05) is 68.4 Å². The van der Waals surface area contributed by atoms with Gasteiger partial charge in [0.25, 0.3) is 0 Å². The molecule has 1 fully saturated rings. The Labute approximate surface area is 837 Å². The summed E-state index contributed by atoms with van der Waals surface area (Å²) in [5.74, 6) is -22.1. The molecule has 21 N–H and O–H groups in total. The fraction of sp³-hybridized carbons (Fsp3) is 0.519. The number of carbonyl (C=O) groups is 18. The van der Waals surface area contributed by atoms with Crippen molar-refractivity contribution in [2.24, 2.45) is 64.5 Å². The number of H-pyrrole nitrogens is 1. The first kappa shape index (κ1) is 117. The van der Waals surface area contributed by atoms with Gasteiger partial charge in [-0.15, -0.1) is 11.8 Å². The minimum atomic E-state index is -2.00. The fourth-order valence-corrected chi connectivity index (χ4v) is 17.9. The molecule has 1 aliphatic heterocycles. The van der Waals surface area contributed by atoms with Crippen LogP contribution in [0.5, 0.6) is 5.75 Å². The molecule has 15 atom stereocenters. The second-order valence-corrected chi connectivity index (χ2v) is 39.9. The third-order valence-electron chi connectivity index (χ3n) is 25.1. The number of para-hydroxylation sites is 1. The number of aromatic nitrogens is 1. The molecule has 0 radical (unpaired) electrons. The lowest BCUT2D eigenvalue weighted by Crippen LogP contribution is -2.60. The van der Waals surface area contributed by atoms with E-state index in [9.17, 15) is 78.0 Å². The highest BCUT2D eigenvalue weighted by atomic mass is 32.2. The first-order valence-corrected chi connectivity index (χ1v) is 49.9. The van der Waals surface area contributed by atoms with Crippen LogP contribution in [-0.2, 0) is 107 Å². The third-order valence-corrected chi connectivity index (χ3v) is 26.1. The maximum Gasteiger partial charge on any atom is 0.341 e. The van der Waals surface area contributed by atoms with Gasteiger partial charge in [0.2, 0.25) is 70.9 Å². The number of aliphatic carboxylic acids is 2. The maximum atomic E-state index is 15.3. The number of rotatable bonds is 30. The number of primary amides is 2. The molecule has 5 aromatic carbocycles. The number of nitrogens with zero attached hydrogens (tertiary/aromatic N) is 1. The van der Waals surface area contributed by atoms with E-state index in [0.29, 0.717) is 40.4 Å². The average molecular weight is 2000 g/mol. The van der Waals surface area contributed by atoms with Crippen LogP contribution in [-0.4, -0.2) is 241 Å². The van der Waals surface area contributed by atoms with Crippen LogP contribution in [0, 0.1) is 47.3 Å². The quantitative estimate of drug-likeness (QED) is 0.0236. The topological polar surface area (TPSA) is 615 Å². The summed E-state index contributed by atoms with van der Waals surface area (Å²) in [4.78, 5) is 260. The summed E-state index contributed by atoms with van der Waals surface area (Å²) in [5, 5.41) is 70.1. The predicted molar refractivity (Wildman–Crippen MR) is 537 cm³/mol. The summed E-state index contributed by atoms with van der Waals surface area (Å²) < 4.78 is 5.34. The van der Waals surface area contributed by atoms with Crippen molar-refractivity contribution in [3.05, 3.63) is 161 Å². The van der Waals surface area contributed by atoms with Gasteiger partial charge in [0.05, 0.1) is 48.3 Å². The molecule has 0 aliphatic carbocycles. The Kier molecular flexibility index (Phi) is 47.1. The third kappa shape index (κ3) is 38.5. The number of nitrogens with one attached hydrogen (secondary N) is 11. The van der Waals surface area contributed by atoms with Gasteiger partial charge in [-0.3, -0.25) is 82.0 Å². The number of aromatic carboxylic acids is 1. The highest BCUT2D eigenvalue weighted by Crippen LogP contribution is 2.30. The number of likely N-dealkylation sites (N-methyl/N-ethyl adjacent to an activating group) is 1. The van der Waals surface area contributed by atoms with Gasteiger partial charge in [-0.1, -0.05) is 173 Å². The minimum absolute atomic E-state index is 0.0428. The maximum absolute atomic E-state index is 15.3. The first-order chi connectivity index (χ1) is 67.7. The molecule has 39 heteroatoms. The van der Waals surface area contributed by atoms with Gasteiger partial charge in [-0.05, 0) is 177 Å². The number of Topliss-reactive ketones (excluding diaryl/α,β-unsaturated/α-hetero) is 3. The molecule has 1 unspecified atom stereocenters. The number of fused-ring (bicyclic) bond motifs is 1. The first-order valence-electron chi connectivity index (χ1n) is 48.7. The van der Waals surface area contributed by atoms with Gasteiger partial charge in [0.15, 0.2) is 18.2 Å². The molecule has 6 aromatic rings. The highest BCUT2D eigenvalue weighted by molar-refractivity contribution is 8.00. The van der Waals surface area contributed by atoms with Gasteiger partial charge >= 0.3 is 17.9 Å². The van der Waals surface area contributed by atoms with E-state index >= 15 is 28.8 Å². The number of aliphatic hydroxyl groups is 1. The number of carbonyl (C=O) groups excluding carboxylic acids is 15. The minimum Gasteiger partial charge on any atom is -0.482 e. The number of hydrogen-bond donors (Lipinski definition) is 18. The van der Waals surface area contributed by atoms with E-state index in [2.05, 4.69) is 58.2 Å². The van der Waals surface area contributed by atoms with Crippen LogP contribution in [0.25, 0.3) is 22.0 Å². The van der Waals surface area contributed by atoms with Crippen LogP contribution in [0.15, 0.2) is 134 Å². The fourth-order valence-electron chi connectivity index (χ4n) is 17.0. The Balaban J connectivity index is 1.30. The number of amides is 12. The van der Waals surface area contributed by atoms with E-state index in [-0.39, 0.29) is 136 Å². The zero-order valence-corrected chi connectivity index (χ0v) is 84.3. The predicted octanol–water partition coefficient (Wildman–Crippen LogP) is 5.81. The summed E-state index contributed by atoms with van der Waals surface area (Å²) in [6, 6.07) is 18.5. The molecular weight excluding hydrogens is 1860 g/mol. The van der Waals surface area contributed by atoms with E-state index in [0.717, 1.165) is 27.8 Å². The summed E-state index contributed by atoms with van der Waals surface area (Å²) in [5.41, 5.74) is 21.7. The number of ketones is 3. The monoisotopic (exact) mass is 2000 g/mol. The van der Waals surface area contributed by atoms with Gasteiger partial charge in [-0.25, -0.2) is 9.59 Å². The van der Waals surface area contributed by atoms with E-state index < -0.39 is 234 Å². The van der Waals surface area contributed by atoms with Crippen LogP contribution in [0.2, 0.25) is 0 Å². The largest absolute Gasteiger partial charge is 0.482 e. The lowest BCUT2D eigenvalue weighted by Gasteiger charge is -2.32. The van der Waals surface area contributed by atoms with Crippen LogP contribution >= 0.6 is 11.8 Å². The van der Waals surface area contributed by atoms with Gasteiger partial charge in [0, 0.05) is 73.3 Å². The number of hydrogen-bond acceptors (Lipinski definition) is 23. The molecule has 143 heavy (non-hydrogen) atoms. The standard InChI is InChI=1S/C104H143N15O23S/c1-57(2)44-70-36-41-85(121)76(50-72-53-108-75-24-17-16-23-74(72)75)110-101(137)82(52-89(125)126)115-99(135)80(49-64-27-33-69(34-28-64)104(140)141)113-98(134)79(48-65-29-38-73(39-30-65)142-54-90(127)128)109-88(124)56-143-55-83(93(107)129)116-95(131)68(22-18-19-43-105)35-42-86(122)91(60(7)8)117-102(138)78(46-59(5)6)112-100(136)81(51-87(106)123)114-97(133)77(45-58(3)4)111-94(130)62(11)119(12)103(139)92(61(9)10)118-96(132)71(37-40-84(70)120)47-63-25-31-67(32-26-63)66-20-14-13-15-21-66/h13-17,20-21,23-34,38-39,53,57-62,68,70-71,76-83,91-92,98,108,113,134H,18-19,22,35-37,40-52,54-56,105H2,1-12H3,(H2,106,123)(H2,107,129)(H,109,124)(H,110,137)(H,111,130)(H,112,136)(H,114,133)(H,115,135)(H,116,131)(H,117,138)(H,118,132)(H,125,126)(H,127,128)(H,140,141)/t62-,68+,70-,71-,76-,77+,78-,79-,80-,81-,82-,83-,91-,92-,98?/m0/s1. The molecule has 0 saturated carbocycles. The summed E-state index contributed by atoms with van der Waals surface area (Å²) in [7, 11) is 1.34. The van der Waals surface area contributed by atoms with Gasteiger partial charge in [-0.2, -0.15) is 0 Å². The van der Waals surface area contributed by atoms with Crippen LogP contribution < -0.4 is 75.1 Å². The highest BCUT2D eigenvalue weighted by Gasteiger charge is 2.41. The van der Waals surface area contributed by atoms with Crippen LogP contribution in [0.1, 0.15) is 199 Å². The van der Waals surface area contributed by atoms with Crippen molar-refractivity contribution in [2.45, 2.75) is 264 Å². The number of benzene rings is 5. The van der Waals surface area contributed by atoms with Crippen molar-refractivity contribution < 1.29 is 111 Å². The summed E-state index contributed by atoms with van der Waals surface area (Å²) in [6.45, 7) is 18.4. The summed E-state index contributed by atoms with van der Waals surface area (Å²) in [6.07, 6.45) is -3.21. The Morgan fingerprint density at radius 3 is 1.55 bits per heavy atom. The number of nitrogens with two attached hydrogens (primary N) is 3. The number of aromatic amines is 1. The number of thioether (sulfide) groups is 1. The SMILES string of the molecule is CC(C)C[C@@H]1CCC(=O)[C@H](Cc2c[nH]c3ccccc23)NC(=O)[C@H](CC(=O)O)NC(=O)[C@H](Cc2ccc(C(=O)O)cc2)NC(O)[C@H](Cc2ccc(OCC(=O)O)cc2)NC(=O)CSC[C@@H](C(N)=O)NC(=O)[C@H](CCCCN)CCC(=O)[C@H](C(C)C)NC(=O)[C@H](CC(C)C)NC(=O)[C@H](CC(N)=O)NC(=O)[C@@H](CC(C)C)NC(=O)[C@H](C)N(C)C(=O)[C@H](C(C)C)NC(=O)[C@H](Cc2ccc(-c3ccccc3)cc2)CCC1=O. The van der Waals surface area contributed by atoms with E-state index in [4.69, 9.17) is 21.9 Å². The number of unbranched alkanes of at least 4 members (excludes halogenated alkanes) is 1. The van der Waals surface area contributed by atoms with Crippen molar-refractivity contribution in [1.82, 2.24) is 63.1 Å². The van der Waals surface area contributed by atoms with Crippen LogP contribution in [0.4, 0.5) is 0 Å². The molecule has 1 saturated heterocycles. The molecule has 778 valence electrons. The van der Waals surface area contributed by atoms with Gasteiger partial charge in [0.1, 0.15) is 60.1 Å². The normalized spacial score (nSPS) is 23.5. The Morgan fingerprint density at radius 1 is 0.476 bits per heavy atom. The second kappa shape index (κ2) is 57.7. The molecular formula is C104H143N15O23S. The van der Waals surface area contributed by atoms with Crippen LogP contribution in [0.3, 0.4) is 0 Å². The molecule has 1 aromatic heterocycles. The molecule has 38 nitrogen and oxygen atoms in total. The molecule has 0 bridgehead atoms. The zero-order chi connectivity index (χ0) is 106. The Hall–Kier alpha value is -13.3. The van der Waals surface area contributed by atoms with Gasteiger partial charge < -0.3 is 100 Å². The number of aliphatic hydroxyl groups excluding tert-OH is 1. The van der Waals surface area contributed by atoms with Crippen molar-refractivity contribution in [2.75, 3.05) is 31.7 Å². The molecule has 1 aliphatic rings. The Morgan fingerprint density at radius 2 is 0.972 bits per heavy atom. The Bertz CT molecular complexity index is 5350.